The molecule has 1 aliphatic heterocycles. The maximum atomic E-state index is 13.3. The molecule has 3 aromatic carbocycles. The van der Waals surface area contributed by atoms with E-state index >= 15 is 0 Å². The van der Waals surface area contributed by atoms with Crippen LogP contribution in [0.1, 0.15) is 22.8 Å². The SMILES string of the molecule is Cc1cc(OCCN2C(=O)C(C)CN(C(=O)c3ccccc3)c3ccccc32)ccc1Cl. The van der Waals surface area contributed by atoms with Crippen molar-refractivity contribution >= 4 is 34.8 Å². The lowest BCUT2D eigenvalue weighted by Gasteiger charge is -2.25. The summed E-state index contributed by atoms with van der Waals surface area (Å²) in [5, 5.41) is 0.686. The Balaban J connectivity index is 1.59. The zero-order chi connectivity index (χ0) is 22.7. The summed E-state index contributed by atoms with van der Waals surface area (Å²) in [5.74, 6) is 0.202. The van der Waals surface area contributed by atoms with Crippen LogP contribution in [0.3, 0.4) is 0 Å². The fourth-order valence-electron chi connectivity index (χ4n) is 3.88. The third-order valence-corrected chi connectivity index (χ3v) is 6.01. The van der Waals surface area contributed by atoms with Gasteiger partial charge in [0.2, 0.25) is 5.91 Å². The molecule has 0 N–H and O–H groups in total. The largest absolute Gasteiger partial charge is 0.492 e. The monoisotopic (exact) mass is 448 g/mol. The fourth-order valence-corrected chi connectivity index (χ4v) is 3.99. The summed E-state index contributed by atoms with van der Waals surface area (Å²) in [6, 6.07) is 22.2. The van der Waals surface area contributed by atoms with E-state index in [2.05, 4.69) is 0 Å². The standard InChI is InChI=1S/C26H25ClN2O3/c1-18-16-21(12-13-22(18)27)32-15-14-28-23-10-6-7-11-24(23)29(17-19(2)25(28)30)26(31)20-8-4-3-5-9-20/h3-13,16,19H,14-15,17H2,1-2H3. The molecule has 32 heavy (non-hydrogen) atoms. The zero-order valence-corrected chi connectivity index (χ0v) is 18.9. The number of hydrogen-bond donors (Lipinski definition) is 0. The van der Waals surface area contributed by atoms with E-state index < -0.39 is 0 Å². The third kappa shape index (κ3) is 4.48. The molecule has 1 atom stereocenters. The molecule has 6 heteroatoms. The van der Waals surface area contributed by atoms with Gasteiger partial charge in [0.05, 0.1) is 23.8 Å². The highest BCUT2D eigenvalue weighted by Gasteiger charge is 2.33. The number of rotatable bonds is 5. The van der Waals surface area contributed by atoms with Gasteiger partial charge in [0.15, 0.2) is 0 Å². The normalized spacial score (nSPS) is 15.8. The van der Waals surface area contributed by atoms with E-state index in [1.165, 1.54) is 0 Å². The Kier molecular flexibility index (Phi) is 6.47. The van der Waals surface area contributed by atoms with Crippen LogP contribution in [0.25, 0.3) is 0 Å². The minimum absolute atomic E-state index is 0.0308. The summed E-state index contributed by atoms with van der Waals surface area (Å²) in [6.07, 6.45) is 0. The molecule has 0 aliphatic carbocycles. The summed E-state index contributed by atoms with van der Waals surface area (Å²) in [6.45, 7) is 4.78. The number of fused-ring (bicyclic) bond motifs is 1. The third-order valence-electron chi connectivity index (χ3n) is 5.59. The topological polar surface area (TPSA) is 49.9 Å². The first-order valence-electron chi connectivity index (χ1n) is 10.6. The van der Waals surface area contributed by atoms with E-state index in [-0.39, 0.29) is 17.7 Å². The van der Waals surface area contributed by atoms with Gasteiger partial charge in [0.25, 0.3) is 5.91 Å². The highest BCUT2D eigenvalue weighted by atomic mass is 35.5. The number of ether oxygens (including phenoxy) is 1. The van der Waals surface area contributed by atoms with Crippen molar-refractivity contribution in [1.82, 2.24) is 0 Å². The molecule has 1 heterocycles. The molecule has 0 radical (unpaired) electrons. The first-order valence-corrected chi connectivity index (χ1v) is 11.0. The van der Waals surface area contributed by atoms with Crippen LogP contribution >= 0.6 is 11.6 Å². The molecule has 0 aromatic heterocycles. The van der Waals surface area contributed by atoms with Crippen molar-refractivity contribution in [2.45, 2.75) is 13.8 Å². The lowest BCUT2D eigenvalue weighted by molar-refractivity contribution is -0.121. The second-order valence-electron chi connectivity index (χ2n) is 7.92. The molecule has 4 rings (SSSR count). The van der Waals surface area contributed by atoms with Crippen molar-refractivity contribution in [2.75, 3.05) is 29.5 Å². The number of benzene rings is 3. The number of nitrogens with zero attached hydrogens (tertiary/aromatic N) is 2. The Bertz CT molecular complexity index is 1130. The maximum Gasteiger partial charge on any atom is 0.258 e. The predicted molar refractivity (Wildman–Crippen MR) is 128 cm³/mol. The number of para-hydroxylation sites is 2. The Labute approximate surface area is 193 Å². The van der Waals surface area contributed by atoms with Crippen LogP contribution in [0.2, 0.25) is 5.02 Å². The van der Waals surface area contributed by atoms with E-state index in [1.807, 2.05) is 68.4 Å². The van der Waals surface area contributed by atoms with Gasteiger partial charge in [-0.3, -0.25) is 9.59 Å². The van der Waals surface area contributed by atoms with Gasteiger partial charge >= 0.3 is 0 Å². The van der Waals surface area contributed by atoms with E-state index in [1.54, 1.807) is 28.0 Å². The van der Waals surface area contributed by atoms with E-state index in [0.717, 1.165) is 11.3 Å². The average molecular weight is 449 g/mol. The lowest BCUT2D eigenvalue weighted by atomic mass is 10.1. The molecular formula is C26H25ClN2O3. The van der Waals surface area contributed by atoms with Crippen LogP contribution in [0, 0.1) is 12.8 Å². The smallest absolute Gasteiger partial charge is 0.258 e. The maximum absolute atomic E-state index is 13.3. The van der Waals surface area contributed by atoms with Crippen LogP contribution in [-0.2, 0) is 4.79 Å². The van der Waals surface area contributed by atoms with Gasteiger partial charge in [-0.25, -0.2) is 0 Å². The first kappa shape index (κ1) is 21.9. The minimum Gasteiger partial charge on any atom is -0.492 e. The number of aryl methyl sites for hydroxylation is 1. The number of halogens is 1. The van der Waals surface area contributed by atoms with Crippen LogP contribution < -0.4 is 14.5 Å². The van der Waals surface area contributed by atoms with E-state index in [4.69, 9.17) is 16.3 Å². The molecule has 0 fully saturated rings. The average Bonchev–Trinajstić information content (AvgIpc) is 2.92. The van der Waals surface area contributed by atoms with E-state index in [9.17, 15) is 9.59 Å². The quantitative estimate of drug-likeness (QED) is 0.528. The summed E-state index contributed by atoms with van der Waals surface area (Å²) in [4.78, 5) is 30.0. The molecule has 0 saturated heterocycles. The molecule has 3 aromatic rings. The van der Waals surface area contributed by atoms with Crippen LogP contribution in [0.4, 0.5) is 11.4 Å². The van der Waals surface area contributed by atoms with Gasteiger partial charge in [-0.2, -0.15) is 0 Å². The Morgan fingerprint density at radius 3 is 2.44 bits per heavy atom. The molecule has 1 unspecified atom stereocenters. The van der Waals surface area contributed by atoms with Crippen molar-refractivity contribution in [3.05, 3.63) is 88.9 Å². The van der Waals surface area contributed by atoms with Crippen molar-refractivity contribution in [3.8, 4) is 5.75 Å². The predicted octanol–water partition coefficient (Wildman–Crippen LogP) is 5.36. The number of amides is 2. The van der Waals surface area contributed by atoms with Gasteiger partial charge in [0, 0.05) is 17.1 Å². The number of anilines is 2. The Morgan fingerprint density at radius 1 is 1.03 bits per heavy atom. The molecule has 0 spiro atoms. The Morgan fingerprint density at radius 2 is 1.72 bits per heavy atom. The molecule has 0 bridgehead atoms. The lowest BCUT2D eigenvalue weighted by Crippen LogP contribution is -2.39. The van der Waals surface area contributed by atoms with Gasteiger partial charge in [-0.15, -0.1) is 0 Å². The van der Waals surface area contributed by atoms with E-state index in [0.29, 0.717) is 41.7 Å². The molecule has 0 saturated carbocycles. The van der Waals surface area contributed by atoms with Crippen molar-refractivity contribution in [2.24, 2.45) is 5.92 Å². The van der Waals surface area contributed by atoms with Crippen LogP contribution in [0.15, 0.2) is 72.8 Å². The van der Waals surface area contributed by atoms with Crippen LogP contribution in [-0.4, -0.2) is 31.5 Å². The molecule has 1 aliphatic rings. The van der Waals surface area contributed by atoms with Crippen LogP contribution in [0.5, 0.6) is 5.75 Å². The van der Waals surface area contributed by atoms with Crippen molar-refractivity contribution in [3.63, 3.8) is 0 Å². The Hall–Kier alpha value is -3.31. The second-order valence-corrected chi connectivity index (χ2v) is 8.33. The molecule has 2 amide bonds. The summed E-state index contributed by atoms with van der Waals surface area (Å²) >= 11 is 6.09. The highest BCUT2D eigenvalue weighted by molar-refractivity contribution is 6.31. The summed E-state index contributed by atoms with van der Waals surface area (Å²) in [5.41, 5.74) is 2.96. The van der Waals surface area contributed by atoms with Gasteiger partial charge in [-0.1, -0.05) is 48.9 Å². The molecule has 164 valence electrons. The molecule has 5 nitrogen and oxygen atoms in total. The highest BCUT2D eigenvalue weighted by Crippen LogP contribution is 2.35. The number of carbonyl (C=O) groups is 2. The zero-order valence-electron chi connectivity index (χ0n) is 18.1. The molecular weight excluding hydrogens is 424 g/mol. The summed E-state index contributed by atoms with van der Waals surface area (Å²) < 4.78 is 5.89. The van der Waals surface area contributed by atoms with Gasteiger partial charge < -0.3 is 14.5 Å². The summed E-state index contributed by atoms with van der Waals surface area (Å²) in [7, 11) is 0. The fraction of sp³-hybridized carbons (Fsp3) is 0.231. The number of carbonyl (C=O) groups excluding carboxylic acids is 2. The second kappa shape index (κ2) is 9.45. The number of hydrogen-bond acceptors (Lipinski definition) is 3. The van der Waals surface area contributed by atoms with Crippen molar-refractivity contribution in [1.29, 1.82) is 0 Å². The minimum atomic E-state index is -0.354. The van der Waals surface area contributed by atoms with Crippen molar-refractivity contribution < 1.29 is 14.3 Å². The van der Waals surface area contributed by atoms with Gasteiger partial charge in [-0.05, 0) is 55.0 Å². The van der Waals surface area contributed by atoms with Gasteiger partial charge in [0.1, 0.15) is 12.4 Å². The first-order chi connectivity index (χ1) is 15.5.